The minimum absolute atomic E-state index is 0.0896. The number of furan rings is 1. The molecule has 0 radical (unpaired) electrons. The number of hydrogen-bond donors (Lipinski definition) is 2. The molecular formula is C13H14N2O2. The number of nitrogens with one attached hydrogen (secondary N) is 1. The average molecular weight is 230 g/mol. The minimum Gasteiger partial charge on any atom is -0.459 e. The number of anilines is 1. The predicted molar refractivity (Wildman–Crippen MR) is 65.4 cm³/mol. The molecule has 0 spiro atoms. The van der Waals surface area contributed by atoms with Gasteiger partial charge >= 0.3 is 0 Å². The molecule has 1 heterocycles. The molecule has 3 N–H and O–H groups in total. The Bertz CT molecular complexity index is 489. The van der Waals surface area contributed by atoms with Gasteiger partial charge in [-0.1, -0.05) is 12.1 Å². The van der Waals surface area contributed by atoms with E-state index in [1.54, 1.807) is 12.1 Å². The summed E-state index contributed by atoms with van der Waals surface area (Å²) in [6.07, 6.45) is 1.47. The quantitative estimate of drug-likeness (QED) is 0.795. The lowest BCUT2D eigenvalue weighted by Crippen LogP contribution is -2.26. The van der Waals surface area contributed by atoms with Gasteiger partial charge in [0.2, 0.25) is 0 Å². The minimum atomic E-state index is -0.223. The van der Waals surface area contributed by atoms with E-state index in [0.717, 1.165) is 5.56 Å². The first kappa shape index (κ1) is 11.3. The maximum absolute atomic E-state index is 11.7. The number of rotatable bonds is 3. The second-order valence-corrected chi connectivity index (χ2v) is 3.84. The molecule has 0 saturated carbocycles. The van der Waals surface area contributed by atoms with Gasteiger partial charge in [0.25, 0.3) is 5.91 Å². The van der Waals surface area contributed by atoms with Crippen LogP contribution in [0.2, 0.25) is 0 Å². The first-order valence-electron chi connectivity index (χ1n) is 5.36. The molecule has 88 valence electrons. The second-order valence-electron chi connectivity index (χ2n) is 3.84. The summed E-state index contributed by atoms with van der Waals surface area (Å²) in [7, 11) is 0. The fourth-order valence-corrected chi connectivity index (χ4v) is 1.54. The topological polar surface area (TPSA) is 68.3 Å². The summed E-state index contributed by atoms with van der Waals surface area (Å²) < 4.78 is 5.02. The summed E-state index contributed by atoms with van der Waals surface area (Å²) in [6.45, 7) is 1.91. The van der Waals surface area contributed by atoms with Crippen LogP contribution in [0.4, 0.5) is 5.69 Å². The van der Waals surface area contributed by atoms with Gasteiger partial charge in [-0.15, -0.1) is 0 Å². The van der Waals surface area contributed by atoms with Gasteiger partial charge in [0.1, 0.15) is 0 Å². The molecule has 4 nitrogen and oxygen atoms in total. The summed E-state index contributed by atoms with van der Waals surface area (Å²) in [5.41, 5.74) is 7.31. The maximum atomic E-state index is 11.7. The van der Waals surface area contributed by atoms with Crippen molar-refractivity contribution in [1.82, 2.24) is 5.32 Å². The Morgan fingerprint density at radius 2 is 2.00 bits per heavy atom. The van der Waals surface area contributed by atoms with Gasteiger partial charge in [-0.3, -0.25) is 4.79 Å². The normalized spacial score (nSPS) is 12.1. The Balaban J connectivity index is 2.04. The Kier molecular flexibility index (Phi) is 3.14. The molecule has 2 rings (SSSR count). The third-order valence-corrected chi connectivity index (χ3v) is 2.53. The highest BCUT2D eigenvalue weighted by Gasteiger charge is 2.12. The third kappa shape index (κ3) is 2.66. The maximum Gasteiger partial charge on any atom is 0.287 e. The van der Waals surface area contributed by atoms with E-state index in [9.17, 15) is 4.79 Å². The number of benzene rings is 1. The molecule has 0 fully saturated rings. The van der Waals surface area contributed by atoms with E-state index in [1.807, 2.05) is 31.2 Å². The van der Waals surface area contributed by atoms with Crippen molar-refractivity contribution in [2.45, 2.75) is 13.0 Å². The smallest absolute Gasteiger partial charge is 0.287 e. The molecule has 1 atom stereocenters. The van der Waals surface area contributed by atoms with Crippen LogP contribution < -0.4 is 11.1 Å². The Morgan fingerprint density at radius 1 is 1.29 bits per heavy atom. The zero-order chi connectivity index (χ0) is 12.3. The zero-order valence-corrected chi connectivity index (χ0v) is 9.51. The molecule has 0 aliphatic rings. The van der Waals surface area contributed by atoms with Crippen molar-refractivity contribution in [3.63, 3.8) is 0 Å². The van der Waals surface area contributed by atoms with Crippen molar-refractivity contribution in [2.24, 2.45) is 0 Å². The van der Waals surface area contributed by atoms with Crippen LogP contribution in [-0.4, -0.2) is 5.91 Å². The van der Waals surface area contributed by atoms with Crippen LogP contribution in [0.25, 0.3) is 0 Å². The first-order chi connectivity index (χ1) is 8.16. The van der Waals surface area contributed by atoms with Crippen molar-refractivity contribution in [2.75, 3.05) is 5.73 Å². The summed E-state index contributed by atoms with van der Waals surface area (Å²) in [4.78, 5) is 11.7. The van der Waals surface area contributed by atoms with Crippen LogP contribution in [0.3, 0.4) is 0 Å². The molecular weight excluding hydrogens is 216 g/mol. The molecule has 0 saturated heterocycles. The summed E-state index contributed by atoms with van der Waals surface area (Å²) >= 11 is 0. The van der Waals surface area contributed by atoms with Gasteiger partial charge in [0, 0.05) is 5.69 Å². The number of amides is 1. The average Bonchev–Trinajstić information content (AvgIpc) is 2.83. The van der Waals surface area contributed by atoms with Gasteiger partial charge in [0.05, 0.1) is 12.3 Å². The highest BCUT2D eigenvalue weighted by molar-refractivity contribution is 5.91. The van der Waals surface area contributed by atoms with E-state index in [4.69, 9.17) is 10.2 Å². The summed E-state index contributed by atoms with van der Waals surface area (Å²) in [5.74, 6) is 0.0895. The van der Waals surface area contributed by atoms with Gasteiger partial charge in [-0.05, 0) is 36.8 Å². The lowest BCUT2D eigenvalue weighted by molar-refractivity contribution is 0.0912. The van der Waals surface area contributed by atoms with Gasteiger partial charge in [0.15, 0.2) is 5.76 Å². The van der Waals surface area contributed by atoms with E-state index in [2.05, 4.69) is 5.32 Å². The second kappa shape index (κ2) is 4.74. The van der Waals surface area contributed by atoms with Crippen LogP contribution in [0, 0.1) is 0 Å². The van der Waals surface area contributed by atoms with E-state index in [0.29, 0.717) is 11.4 Å². The largest absolute Gasteiger partial charge is 0.459 e. The van der Waals surface area contributed by atoms with Gasteiger partial charge in [-0.2, -0.15) is 0 Å². The van der Waals surface area contributed by atoms with Crippen LogP contribution in [-0.2, 0) is 0 Å². The molecule has 0 bridgehead atoms. The van der Waals surface area contributed by atoms with Crippen molar-refractivity contribution < 1.29 is 9.21 Å². The molecule has 1 aromatic heterocycles. The van der Waals surface area contributed by atoms with E-state index < -0.39 is 0 Å². The molecule has 1 unspecified atom stereocenters. The highest BCUT2D eigenvalue weighted by Crippen LogP contribution is 2.15. The van der Waals surface area contributed by atoms with Crippen LogP contribution in [0.15, 0.2) is 47.1 Å². The number of carbonyl (C=O) groups excluding carboxylic acids is 1. The Morgan fingerprint density at radius 3 is 2.59 bits per heavy atom. The Hall–Kier alpha value is -2.23. The molecule has 0 aliphatic heterocycles. The number of nitrogens with two attached hydrogens (primary N) is 1. The third-order valence-electron chi connectivity index (χ3n) is 2.53. The summed E-state index contributed by atoms with van der Waals surface area (Å²) in [5, 5.41) is 2.84. The lowest BCUT2D eigenvalue weighted by Gasteiger charge is -2.13. The fourth-order valence-electron chi connectivity index (χ4n) is 1.54. The molecule has 0 aliphatic carbocycles. The SMILES string of the molecule is CC(NC(=O)c1ccco1)c1ccc(N)cc1. The van der Waals surface area contributed by atoms with E-state index in [-0.39, 0.29) is 11.9 Å². The van der Waals surface area contributed by atoms with Crippen LogP contribution in [0.1, 0.15) is 29.1 Å². The zero-order valence-electron chi connectivity index (χ0n) is 9.51. The molecule has 17 heavy (non-hydrogen) atoms. The van der Waals surface area contributed by atoms with Crippen LogP contribution >= 0.6 is 0 Å². The fraction of sp³-hybridized carbons (Fsp3) is 0.154. The summed E-state index contributed by atoms with van der Waals surface area (Å²) in [6, 6.07) is 10.6. The highest BCUT2D eigenvalue weighted by atomic mass is 16.3. The molecule has 1 amide bonds. The van der Waals surface area contributed by atoms with Crippen molar-refractivity contribution in [3.8, 4) is 0 Å². The van der Waals surface area contributed by atoms with Crippen LogP contribution in [0.5, 0.6) is 0 Å². The van der Waals surface area contributed by atoms with E-state index >= 15 is 0 Å². The van der Waals surface area contributed by atoms with Crippen molar-refractivity contribution >= 4 is 11.6 Å². The van der Waals surface area contributed by atoms with Gasteiger partial charge < -0.3 is 15.5 Å². The number of carbonyl (C=O) groups is 1. The Labute approximate surface area is 99.4 Å². The standard InChI is InChI=1S/C13H14N2O2/c1-9(10-4-6-11(14)7-5-10)15-13(16)12-3-2-8-17-12/h2-9H,14H2,1H3,(H,15,16). The first-order valence-corrected chi connectivity index (χ1v) is 5.36. The number of nitrogen functional groups attached to an aromatic ring is 1. The van der Waals surface area contributed by atoms with E-state index in [1.165, 1.54) is 6.26 Å². The predicted octanol–water partition coefficient (Wildman–Crippen LogP) is 2.35. The molecule has 4 heteroatoms. The number of hydrogen-bond acceptors (Lipinski definition) is 3. The van der Waals surface area contributed by atoms with Crippen molar-refractivity contribution in [3.05, 3.63) is 54.0 Å². The monoisotopic (exact) mass is 230 g/mol. The molecule has 1 aromatic carbocycles. The van der Waals surface area contributed by atoms with Gasteiger partial charge in [-0.25, -0.2) is 0 Å². The lowest BCUT2D eigenvalue weighted by atomic mass is 10.1. The van der Waals surface area contributed by atoms with Crippen molar-refractivity contribution in [1.29, 1.82) is 0 Å². The molecule has 2 aromatic rings.